The summed E-state index contributed by atoms with van der Waals surface area (Å²) in [7, 11) is 1.73. The molecule has 0 aliphatic carbocycles. The Kier molecular flexibility index (Phi) is 4.05. The molecule has 3 rings (SSSR count). The van der Waals surface area contributed by atoms with Crippen LogP contribution in [0, 0.1) is 5.92 Å². The molecule has 0 unspecified atom stereocenters. The number of methoxy groups -OCH3 is 1. The maximum Gasteiger partial charge on any atom is 0.228 e. The van der Waals surface area contributed by atoms with Crippen LogP contribution in [-0.4, -0.2) is 74.4 Å². The van der Waals surface area contributed by atoms with Crippen molar-refractivity contribution < 1.29 is 14.3 Å². The Morgan fingerprint density at radius 1 is 1.32 bits per heavy atom. The Balaban J connectivity index is 1.58. The Morgan fingerprint density at radius 2 is 2.11 bits per heavy atom. The number of amides is 1. The second-order valence-electron chi connectivity index (χ2n) is 5.92. The maximum atomic E-state index is 12.5. The van der Waals surface area contributed by atoms with Gasteiger partial charge in [-0.05, 0) is 19.3 Å². The third-order valence-electron chi connectivity index (χ3n) is 4.58. The van der Waals surface area contributed by atoms with Crippen LogP contribution in [0.4, 0.5) is 0 Å². The second-order valence-corrected chi connectivity index (χ2v) is 5.92. The first-order valence-corrected chi connectivity index (χ1v) is 7.43. The largest absolute Gasteiger partial charge is 0.383 e. The van der Waals surface area contributed by atoms with E-state index in [4.69, 9.17) is 9.47 Å². The van der Waals surface area contributed by atoms with Crippen molar-refractivity contribution in [3.8, 4) is 0 Å². The van der Waals surface area contributed by atoms with E-state index < -0.39 is 0 Å². The van der Waals surface area contributed by atoms with Crippen LogP contribution in [0.1, 0.15) is 19.3 Å². The predicted molar refractivity (Wildman–Crippen MR) is 70.9 cm³/mol. The third-order valence-corrected chi connectivity index (χ3v) is 4.58. The maximum absolute atomic E-state index is 12.5. The van der Waals surface area contributed by atoms with E-state index in [2.05, 4.69) is 4.90 Å². The van der Waals surface area contributed by atoms with Gasteiger partial charge in [0.05, 0.1) is 24.7 Å². The molecule has 3 aliphatic heterocycles. The van der Waals surface area contributed by atoms with Crippen molar-refractivity contribution in [1.29, 1.82) is 0 Å². The molecule has 0 aromatic rings. The number of fused-ring (bicyclic) bond motifs is 2. The highest BCUT2D eigenvalue weighted by atomic mass is 16.5. The van der Waals surface area contributed by atoms with Crippen LogP contribution in [-0.2, 0) is 14.3 Å². The number of ether oxygens (including phenoxy) is 2. The number of carbonyl (C=O) groups excluding carboxylic acids is 1. The van der Waals surface area contributed by atoms with Gasteiger partial charge in [0.25, 0.3) is 0 Å². The highest BCUT2D eigenvalue weighted by Gasteiger charge is 2.45. The Labute approximate surface area is 114 Å². The minimum absolute atomic E-state index is 0.0932. The zero-order valence-electron chi connectivity index (χ0n) is 11.7. The monoisotopic (exact) mass is 268 g/mol. The summed E-state index contributed by atoms with van der Waals surface area (Å²) < 4.78 is 11.1. The smallest absolute Gasteiger partial charge is 0.228 e. The van der Waals surface area contributed by atoms with Crippen LogP contribution in [0.25, 0.3) is 0 Å². The molecule has 3 fully saturated rings. The van der Waals surface area contributed by atoms with E-state index >= 15 is 0 Å². The standard InChI is InChI=1S/C14H24N2O3/c1-18-7-6-15-9-11-8-12(13(10-15)19-11)14(17)16-4-2-3-5-16/h11-13H,2-10H2,1H3/t11-,12+,13-/m1/s1. The molecular formula is C14H24N2O3. The van der Waals surface area contributed by atoms with Gasteiger partial charge in [-0.1, -0.05) is 0 Å². The summed E-state index contributed by atoms with van der Waals surface area (Å²) in [6.45, 7) is 5.41. The van der Waals surface area contributed by atoms with Crippen molar-refractivity contribution >= 4 is 5.91 Å². The van der Waals surface area contributed by atoms with E-state index in [9.17, 15) is 4.79 Å². The fourth-order valence-corrected chi connectivity index (χ4v) is 3.57. The first-order valence-electron chi connectivity index (χ1n) is 7.43. The van der Waals surface area contributed by atoms with E-state index in [1.807, 2.05) is 4.90 Å². The summed E-state index contributed by atoms with van der Waals surface area (Å²) in [5.74, 6) is 0.425. The molecule has 3 saturated heterocycles. The Hall–Kier alpha value is -0.650. The van der Waals surface area contributed by atoms with Gasteiger partial charge >= 0.3 is 0 Å². The minimum atomic E-state index is 0.0932. The fourth-order valence-electron chi connectivity index (χ4n) is 3.57. The number of hydrogen-bond donors (Lipinski definition) is 0. The van der Waals surface area contributed by atoms with Crippen molar-refractivity contribution in [2.45, 2.75) is 31.5 Å². The lowest BCUT2D eigenvalue weighted by Crippen LogP contribution is -2.46. The molecule has 0 spiro atoms. The van der Waals surface area contributed by atoms with Gasteiger partial charge in [-0.25, -0.2) is 0 Å². The van der Waals surface area contributed by atoms with Crippen molar-refractivity contribution in [3.63, 3.8) is 0 Å². The number of morpholine rings is 1. The molecule has 3 heterocycles. The van der Waals surface area contributed by atoms with Gasteiger partial charge in [-0.15, -0.1) is 0 Å². The quantitative estimate of drug-likeness (QED) is 0.737. The van der Waals surface area contributed by atoms with Crippen LogP contribution in [0.15, 0.2) is 0 Å². The van der Waals surface area contributed by atoms with Gasteiger partial charge in [0.2, 0.25) is 5.91 Å². The Bertz CT molecular complexity index is 331. The first kappa shape index (κ1) is 13.3. The minimum Gasteiger partial charge on any atom is -0.383 e. The van der Waals surface area contributed by atoms with E-state index in [0.717, 1.165) is 58.6 Å². The third kappa shape index (κ3) is 2.78. The summed E-state index contributed by atoms with van der Waals surface area (Å²) in [4.78, 5) is 16.9. The highest BCUT2D eigenvalue weighted by molar-refractivity contribution is 5.80. The van der Waals surface area contributed by atoms with E-state index in [1.54, 1.807) is 7.11 Å². The van der Waals surface area contributed by atoms with Crippen LogP contribution in [0.5, 0.6) is 0 Å². The van der Waals surface area contributed by atoms with Crippen LogP contribution in [0.3, 0.4) is 0 Å². The molecule has 1 amide bonds. The normalized spacial score (nSPS) is 35.0. The van der Waals surface area contributed by atoms with Crippen molar-refractivity contribution in [3.05, 3.63) is 0 Å². The van der Waals surface area contributed by atoms with E-state index in [0.29, 0.717) is 5.91 Å². The molecule has 3 aliphatic rings. The molecular weight excluding hydrogens is 244 g/mol. The lowest BCUT2D eigenvalue weighted by molar-refractivity contribution is -0.137. The average molecular weight is 268 g/mol. The summed E-state index contributed by atoms with van der Waals surface area (Å²) in [5, 5.41) is 0. The van der Waals surface area contributed by atoms with Gasteiger partial charge in [0, 0.05) is 39.8 Å². The summed E-state index contributed by atoms with van der Waals surface area (Å²) in [6.07, 6.45) is 3.57. The van der Waals surface area contributed by atoms with Gasteiger partial charge in [0.15, 0.2) is 0 Å². The zero-order valence-corrected chi connectivity index (χ0v) is 11.7. The van der Waals surface area contributed by atoms with Crippen molar-refractivity contribution in [1.82, 2.24) is 9.80 Å². The number of nitrogens with zero attached hydrogens (tertiary/aromatic N) is 2. The molecule has 0 saturated carbocycles. The van der Waals surface area contributed by atoms with Gasteiger partial charge in [-0.2, -0.15) is 0 Å². The van der Waals surface area contributed by atoms with E-state index in [-0.39, 0.29) is 18.1 Å². The van der Waals surface area contributed by atoms with Crippen LogP contribution in [0.2, 0.25) is 0 Å². The highest BCUT2D eigenvalue weighted by Crippen LogP contribution is 2.33. The number of likely N-dealkylation sites (tertiary alicyclic amines) is 2. The lowest BCUT2D eigenvalue weighted by atomic mass is 9.99. The molecule has 2 bridgehead atoms. The number of rotatable bonds is 4. The first-order chi connectivity index (χ1) is 9.28. The molecule has 0 aromatic heterocycles. The van der Waals surface area contributed by atoms with Crippen LogP contribution >= 0.6 is 0 Å². The zero-order chi connectivity index (χ0) is 13.2. The molecule has 0 radical (unpaired) electrons. The molecule has 3 atom stereocenters. The van der Waals surface area contributed by atoms with Crippen molar-refractivity contribution in [2.75, 3.05) is 46.4 Å². The van der Waals surface area contributed by atoms with Crippen LogP contribution < -0.4 is 0 Å². The molecule has 0 aromatic carbocycles. The molecule has 19 heavy (non-hydrogen) atoms. The van der Waals surface area contributed by atoms with Gasteiger partial charge in [0.1, 0.15) is 0 Å². The Morgan fingerprint density at radius 3 is 2.84 bits per heavy atom. The van der Waals surface area contributed by atoms with Crippen molar-refractivity contribution in [2.24, 2.45) is 5.92 Å². The molecule has 108 valence electrons. The lowest BCUT2D eigenvalue weighted by Gasteiger charge is -2.32. The average Bonchev–Trinajstić information content (AvgIpc) is 3.04. The predicted octanol–water partition coefficient (Wildman–Crippen LogP) is 0.345. The molecule has 5 nitrogen and oxygen atoms in total. The summed E-state index contributed by atoms with van der Waals surface area (Å²) >= 11 is 0. The van der Waals surface area contributed by atoms with Gasteiger partial charge < -0.3 is 14.4 Å². The molecule has 5 heteroatoms. The summed E-state index contributed by atoms with van der Waals surface area (Å²) in [6, 6.07) is 0. The fraction of sp³-hybridized carbons (Fsp3) is 0.929. The second kappa shape index (κ2) is 5.77. The summed E-state index contributed by atoms with van der Waals surface area (Å²) in [5.41, 5.74) is 0. The molecule has 0 N–H and O–H groups in total. The number of hydrogen-bond acceptors (Lipinski definition) is 4. The number of carbonyl (C=O) groups is 1. The topological polar surface area (TPSA) is 42.0 Å². The van der Waals surface area contributed by atoms with E-state index in [1.165, 1.54) is 0 Å². The van der Waals surface area contributed by atoms with Gasteiger partial charge in [-0.3, -0.25) is 9.69 Å². The SMILES string of the molecule is COCCN1C[C@H]2C[C@H](C(=O)N3CCCC3)[C@@H](C1)O2.